The summed E-state index contributed by atoms with van der Waals surface area (Å²) in [5, 5.41) is 10.7. The van der Waals surface area contributed by atoms with E-state index in [0.29, 0.717) is 5.56 Å². The summed E-state index contributed by atoms with van der Waals surface area (Å²) in [5.41, 5.74) is 0.505. The number of hydrogen-bond donors (Lipinski definition) is 0. The first-order chi connectivity index (χ1) is 14.6. The molecule has 1 aliphatic rings. The van der Waals surface area contributed by atoms with Crippen LogP contribution < -0.4 is 0 Å². The molecule has 1 aliphatic heterocycles. The van der Waals surface area contributed by atoms with Crippen molar-refractivity contribution < 1.29 is 27.6 Å². The Morgan fingerprint density at radius 1 is 1.19 bits per heavy atom. The standard InChI is InChI=1S/C20H21ClN2O7S/c1-13-10-22(11-14(2)30-13)31(27,28)19-9-16(5-8-18(19)21)20(24)29-12-15-3-6-17(7-4-15)23(25)26/h3-9,13-14H,10-12H2,1-2H3/t13-,14+. The quantitative estimate of drug-likeness (QED) is 0.362. The van der Waals surface area contributed by atoms with Gasteiger partial charge in [-0.05, 0) is 49.7 Å². The molecule has 0 saturated carbocycles. The predicted octanol–water partition coefficient (Wildman–Crippen LogP) is 3.40. The molecule has 3 rings (SSSR count). The van der Waals surface area contributed by atoms with E-state index in [2.05, 4.69) is 0 Å². The van der Waals surface area contributed by atoms with Crippen LogP contribution in [0.1, 0.15) is 29.8 Å². The summed E-state index contributed by atoms with van der Waals surface area (Å²) >= 11 is 6.15. The van der Waals surface area contributed by atoms with Crippen LogP contribution in [-0.4, -0.2) is 48.9 Å². The molecule has 0 bridgehead atoms. The molecule has 1 fully saturated rings. The smallest absolute Gasteiger partial charge is 0.338 e. The number of carbonyl (C=O) groups is 1. The van der Waals surface area contributed by atoms with Crippen LogP contribution in [0.4, 0.5) is 5.69 Å². The van der Waals surface area contributed by atoms with E-state index in [4.69, 9.17) is 21.1 Å². The molecular formula is C20H21ClN2O7S. The molecule has 0 N–H and O–H groups in total. The van der Waals surface area contributed by atoms with Crippen LogP contribution in [0, 0.1) is 10.1 Å². The van der Waals surface area contributed by atoms with Gasteiger partial charge < -0.3 is 9.47 Å². The third kappa shape index (κ3) is 5.40. The number of non-ortho nitro benzene ring substituents is 1. The SMILES string of the molecule is C[C@@H]1CN(S(=O)(=O)c2cc(C(=O)OCc3ccc([N+](=O)[O-])cc3)ccc2Cl)C[C@H](C)O1. The highest BCUT2D eigenvalue weighted by Crippen LogP contribution is 2.28. The van der Waals surface area contributed by atoms with Crippen molar-refractivity contribution in [3.05, 3.63) is 68.7 Å². The average molecular weight is 469 g/mol. The number of esters is 1. The summed E-state index contributed by atoms with van der Waals surface area (Å²) in [4.78, 5) is 22.5. The van der Waals surface area contributed by atoms with Crippen LogP contribution in [0.3, 0.4) is 0 Å². The molecule has 11 heteroatoms. The molecule has 2 aromatic carbocycles. The molecule has 1 heterocycles. The van der Waals surface area contributed by atoms with Gasteiger partial charge in [-0.15, -0.1) is 0 Å². The fourth-order valence-corrected chi connectivity index (χ4v) is 5.33. The molecule has 0 aliphatic carbocycles. The lowest BCUT2D eigenvalue weighted by Crippen LogP contribution is -2.48. The van der Waals surface area contributed by atoms with Gasteiger partial charge in [0.1, 0.15) is 11.5 Å². The normalized spacial score (nSPS) is 19.7. The van der Waals surface area contributed by atoms with Crippen molar-refractivity contribution >= 4 is 33.3 Å². The maximum Gasteiger partial charge on any atom is 0.338 e. The average Bonchev–Trinajstić information content (AvgIpc) is 2.71. The Labute approximate surface area is 184 Å². The van der Waals surface area contributed by atoms with E-state index in [9.17, 15) is 23.3 Å². The minimum absolute atomic E-state index is 0.00119. The maximum atomic E-state index is 13.1. The van der Waals surface area contributed by atoms with Crippen molar-refractivity contribution in [1.29, 1.82) is 0 Å². The Hall–Kier alpha value is -2.53. The van der Waals surface area contributed by atoms with E-state index in [1.165, 1.54) is 46.8 Å². The topological polar surface area (TPSA) is 116 Å². The van der Waals surface area contributed by atoms with Crippen LogP contribution in [0.25, 0.3) is 0 Å². The summed E-state index contributed by atoms with van der Waals surface area (Å²) in [6.07, 6.45) is -0.542. The fraction of sp³-hybridized carbons (Fsp3) is 0.350. The number of halogens is 1. The van der Waals surface area contributed by atoms with Crippen LogP contribution in [0.2, 0.25) is 5.02 Å². The van der Waals surface area contributed by atoms with Crippen molar-refractivity contribution in [3.8, 4) is 0 Å². The number of carbonyl (C=O) groups excluding carboxylic acids is 1. The van der Waals surface area contributed by atoms with Gasteiger partial charge in [-0.1, -0.05) is 11.6 Å². The lowest BCUT2D eigenvalue weighted by Gasteiger charge is -2.34. The number of ether oxygens (including phenoxy) is 2. The largest absolute Gasteiger partial charge is 0.457 e. The zero-order valence-corrected chi connectivity index (χ0v) is 18.4. The lowest BCUT2D eigenvalue weighted by molar-refractivity contribution is -0.384. The zero-order valence-electron chi connectivity index (χ0n) is 16.9. The first-order valence-corrected chi connectivity index (χ1v) is 11.3. The maximum absolute atomic E-state index is 13.1. The third-order valence-electron chi connectivity index (χ3n) is 4.69. The van der Waals surface area contributed by atoms with Crippen LogP contribution >= 0.6 is 11.6 Å². The molecule has 2 aromatic rings. The number of nitrogens with zero attached hydrogens (tertiary/aromatic N) is 2. The summed E-state index contributed by atoms with van der Waals surface area (Å²) in [6.45, 7) is 3.80. The van der Waals surface area contributed by atoms with Gasteiger partial charge >= 0.3 is 5.97 Å². The van der Waals surface area contributed by atoms with Gasteiger partial charge in [0.25, 0.3) is 5.69 Å². The highest BCUT2D eigenvalue weighted by molar-refractivity contribution is 7.89. The van der Waals surface area contributed by atoms with Crippen LogP contribution in [0.5, 0.6) is 0 Å². The van der Waals surface area contributed by atoms with Gasteiger partial charge in [-0.25, -0.2) is 13.2 Å². The third-order valence-corrected chi connectivity index (χ3v) is 7.00. The van der Waals surface area contributed by atoms with Crippen molar-refractivity contribution in [2.75, 3.05) is 13.1 Å². The predicted molar refractivity (Wildman–Crippen MR) is 112 cm³/mol. The van der Waals surface area contributed by atoms with E-state index in [1.54, 1.807) is 13.8 Å². The molecule has 0 spiro atoms. The second kappa shape index (κ2) is 9.31. The number of sulfonamides is 1. The van der Waals surface area contributed by atoms with Crippen LogP contribution in [-0.2, 0) is 26.1 Å². The number of morpholine rings is 1. The highest BCUT2D eigenvalue weighted by atomic mass is 35.5. The summed E-state index contributed by atoms with van der Waals surface area (Å²) in [5.74, 6) is -0.741. The Morgan fingerprint density at radius 3 is 2.39 bits per heavy atom. The molecular weight excluding hydrogens is 448 g/mol. The second-order valence-corrected chi connectivity index (χ2v) is 9.54. The minimum atomic E-state index is -3.94. The van der Waals surface area contributed by atoms with Gasteiger partial charge in [0.15, 0.2) is 0 Å². The van der Waals surface area contributed by atoms with E-state index in [1.807, 2.05) is 0 Å². The van der Waals surface area contributed by atoms with Gasteiger partial charge in [-0.3, -0.25) is 10.1 Å². The Balaban J connectivity index is 1.76. The molecule has 31 heavy (non-hydrogen) atoms. The number of nitro groups is 1. The molecule has 9 nitrogen and oxygen atoms in total. The van der Waals surface area contributed by atoms with E-state index in [0.717, 1.165) is 0 Å². The molecule has 2 atom stereocenters. The van der Waals surface area contributed by atoms with Crippen molar-refractivity contribution in [2.45, 2.75) is 37.6 Å². The Morgan fingerprint density at radius 2 is 1.81 bits per heavy atom. The highest BCUT2D eigenvalue weighted by Gasteiger charge is 2.34. The number of hydrogen-bond acceptors (Lipinski definition) is 7. The monoisotopic (exact) mass is 468 g/mol. The lowest BCUT2D eigenvalue weighted by atomic mass is 10.2. The van der Waals surface area contributed by atoms with Crippen LogP contribution in [0.15, 0.2) is 47.4 Å². The molecule has 0 radical (unpaired) electrons. The first-order valence-electron chi connectivity index (χ1n) is 9.43. The molecule has 0 aromatic heterocycles. The zero-order chi connectivity index (χ0) is 22.8. The minimum Gasteiger partial charge on any atom is -0.457 e. The summed E-state index contributed by atoms with van der Waals surface area (Å²) in [7, 11) is -3.94. The number of rotatable bonds is 6. The van der Waals surface area contributed by atoms with Gasteiger partial charge in [-0.2, -0.15) is 4.31 Å². The van der Waals surface area contributed by atoms with E-state index in [-0.39, 0.29) is 53.1 Å². The molecule has 0 amide bonds. The second-order valence-electron chi connectivity index (χ2n) is 7.22. The van der Waals surface area contributed by atoms with E-state index < -0.39 is 20.9 Å². The van der Waals surface area contributed by atoms with Gasteiger partial charge in [0, 0.05) is 25.2 Å². The Kier molecular flexibility index (Phi) is 6.95. The number of benzene rings is 2. The summed E-state index contributed by atoms with van der Waals surface area (Å²) < 4.78 is 38.3. The fourth-order valence-electron chi connectivity index (χ4n) is 3.24. The molecule has 166 valence electrons. The Bertz CT molecular complexity index is 1080. The van der Waals surface area contributed by atoms with E-state index >= 15 is 0 Å². The van der Waals surface area contributed by atoms with Crippen molar-refractivity contribution in [3.63, 3.8) is 0 Å². The van der Waals surface area contributed by atoms with Gasteiger partial charge in [0.05, 0.1) is 27.7 Å². The van der Waals surface area contributed by atoms with Crippen molar-refractivity contribution in [2.24, 2.45) is 0 Å². The molecule has 0 unspecified atom stereocenters. The number of nitro benzene ring substituents is 1. The first kappa shape index (κ1) is 23.1. The van der Waals surface area contributed by atoms with Gasteiger partial charge in [0.2, 0.25) is 10.0 Å². The molecule has 1 saturated heterocycles. The van der Waals surface area contributed by atoms with Crippen molar-refractivity contribution in [1.82, 2.24) is 4.31 Å². The summed E-state index contributed by atoms with van der Waals surface area (Å²) in [6, 6.07) is 9.48.